The van der Waals surface area contributed by atoms with Crippen molar-refractivity contribution in [2.45, 2.75) is 45.6 Å². The SMILES string of the molecule is CCN(CC)C(CNC(=O)Cc1ccc2c(c1)CCC2)c1ccccc1. The molecule has 138 valence electrons. The summed E-state index contributed by atoms with van der Waals surface area (Å²) in [6.07, 6.45) is 4.05. The molecule has 0 heterocycles. The van der Waals surface area contributed by atoms with Gasteiger partial charge in [0.25, 0.3) is 0 Å². The van der Waals surface area contributed by atoms with Crippen molar-refractivity contribution >= 4 is 5.91 Å². The molecule has 0 radical (unpaired) electrons. The molecule has 3 rings (SSSR count). The van der Waals surface area contributed by atoms with Crippen molar-refractivity contribution in [2.24, 2.45) is 0 Å². The quantitative estimate of drug-likeness (QED) is 0.783. The van der Waals surface area contributed by atoms with Gasteiger partial charge in [0, 0.05) is 6.54 Å². The minimum atomic E-state index is 0.107. The molecule has 0 bridgehead atoms. The average molecular weight is 351 g/mol. The Hall–Kier alpha value is -2.13. The van der Waals surface area contributed by atoms with E-state index in [9.17, 15) is 4.79 Å². The lowest BCUT2D eigenvalue weighted by Crippen LogP contribution is -2.38. The Morgan fingerprint density at radius 3 is 2.50 bits per heavy atom. The second kappa shape index (κ2) is 9.00. The van der Waals surface area contributed by atoms with Crippen LogP contribution >= 0.6 is 0 Å². The van der Waals surface area contributed by atoms with E-state index >= 15 is 0 Å². The molecule has 0 aliphatic heterocycles. The summed E-state index contributed by atoms with van der Waals surface area (Å²) in [6, 6.07) is 17.2. The molecule has 0 spiro atoms. The molecule has 0 saturated heterocycles. The largest absolute Gasteiger partial charge is 0.354 e. The molecule has 2 aromatic carbocycles. The van der Waals surface area contributed by atoms with Crippen molar-refractivity contribution < 1.29 is 4.79 Å². The number of nitrogens with zero attached hydrogens (tertiary/aromatic N) is 1. The molecular weight excluding hydrogens is 320 g/mol. The van der Waals surface area contributed by atoms with E-state index in [4.69, 9.17) is 0 Å². The smallest absolute Gasteiger partial charge is 0.224 e. The number of fused-ring (bicyclic) bond motifs is 1. The minimum Gasteiger partial charge on any atom is -0.354 e. The molecular formula is C23H30N2O. The van der Waals surface area contributed by atoms with Gasteiger partial charge in [-0.25, -0.2) is 0 Å². The van der Waals surface area contributed by atoms with Gasteiger partial charge in [-0.1, -0.05) is 62.4 Å². The fourth-order valence-electron chi connectivity index (χ4n) is 3.99. The summed E-state index contributed by atoms with van der Waals surface area (Å²) < 4.78 is 0. The zero-order valence-corrected chi connectivity index (χ0v) is 16.0. The highest BCUT2D eigenvalue weighted by Crippen LogP contribution is 2.23. The Morgan fingerprint density at radius 2 is 1.77 bits per heavy atom. The van der Waals surface area contributed by atoms with Gasteiger partial charge in [-0.15, -0.1) is 0 Å². The highest BCUT2D eigenvalue weighted by molar-refractivity contribution is 5.78. The summed E-state index contributed by atoms with van der Waals surface area (Å²) in [5.41, 5.74) is 5.27. The van der Waals surface area contributed by atoms with E-state index in [1.807, 2.05) is 6.07 Å². The number of nitrogens with one attached hydrogen (secondary N) is 1. The Bertz CT molecular complexity index is 722. The van der Waals surface area contributed by atoms with Crippen LogP contribution in [0.1, 0.15) is 48.6 Å². The molecule has 3 nitrogen and oxygen atoms in total. The third-order valence-electron chi connectivity index (χ3n) is 5.46. The molecule has 3 heteroatoms. The number of benzene rings is 2. The van der Waals surface area contributed by atoms with Crippen LogP contribution in [0.15, 0.2) is 48.5 Å². The molecule has 0 aromatic heterocycles. The zero-order valence-electron chi connectivity index (χ0n) is 16.0. The minimum absolute atomic E-state index is 0.107. The second-order valence-electron chi connectivity index (χ2n) is 7.09. The predicted molar refractivity (Wildman–Crippen MR) is 107 cm³/mol. The number of carbonyl (C=O) groups is 1. The van der Waals surface area contributed by atoms with E-state index in [2.05, 4.69) is 66.5 Å². The molecule has 1 aliphatic carbocycles. The van der Waals surface area contributed by atoms with Crippen LogP contribution in [-0.2, 0) is 24.1 Å². The Labute approximate surface area is 157 Å². The molecule has 2 aromatic rings. The van der Waals surface area contributed by atoms with Gasteiger partial charge in [-0.05, 0) is 54.6 Å². The van der Waals surface area contributed by atoms with E-state index in [1.54, 1.807) is 0 Å². The first kappa shape index (κ1) is 18.7. The van der Waals surface area contributed by atoms with Crippen molar-refractivity contribution in [1.82, 2.24) is 10.2 Å². The van der Waals surface area contributed by atoms with Crippen LogP contribution in [0.5, 0.6) is 0 Å². The summed E-state index contributed by atoms with van der Waals surface area (Å²) in [5, 5.41) is 3.17. The normalized spacial score (nSPS) is 14.3. The van der Waals surface area contributed by atoms with Crippen LogP contribution in [0, 0.1) is 0 Å². The number of aryl methyl sites for hydroxylation is 2. The predicted octanol–water partition coefficient (Wildman–Crippen LogP) is 3.92. The monoisotopic (exact) mass is 350 g/mol. The number of hydrogen-bond acceptors (Lipinski definition) is 2. The molecule has 1 N–H and O–H groups in total. The van der Waals surface area contributed by atoms with Gasteiger partial charge in [-0.3, -0.25) is 9.69 Å². The van der Waals surface area contributed by atoms with Gasteiger partial charge < -0.3 is 5.32 Å². The van der Waals surface area contributed by atoms with Crippen LogP contribution in [-0.4, -0.2) is 30.4 Å². The first-order valence-electron chi connectivity index (χ1n) is 9.87. The van der Waals surface area contributed by atoms with Crippen molar-refractivity contribution in [2.75, 3.05) is 19.6 Å². The Kier molecular flexibility index (Phi) is 6.45. The van der Waals surface area contributed by atoms with Gasteiger partial charge >= 0.3 is 0 Å². The fourth-order valence-corrected chi connectivity index (χ4v) is 3.99. The van der Waals surface area contributed by atoms with E-state index in [0.717, 1.165) is 25.1 Å². The lowest BCUT2D eigenvalue weighted by atomic mass is 10.0. The number of rotatable bonds is 8. The highest BCUT2D eigenvalue weighted by Gasteiger charge is 2.19. The molecule has 1 unspecified atom stereocenters. The third kappa shape index (κ3) is 4.53. The Balaban J connectivity index is 1.62. The number of likely N-dealkylation sites (N-methyl/N-ethyl adjacent to an activating group) is 1. The van der Waals surface area contributed by atoms with Crippen molar-refractivity contribution in [3.8, 4) is 0 Å². The van der Waals surface area contributed by atoms with E-state index in [-0.39, 0.29) is 11.9 Å². The van der Waals surface area contributed by atoms with Crippen molar-refractivity contribution in [1.29, 1.82) is 0 Å². The fraction of sp³-hybridized carbons (Fsp3) is 0.435. The zero-order chi connectivity index (χ0) is 18.4. The van der Waals surface area contributed by atoms with E-state index < -0.39 is 0 Å². The maximum absolute atomic E-state index is 12.5. The molecule has 1 atom stereocenters. The molecule has 0 saturated carbocycles. The maximum Gasteiger partial charge on any atom is 0.224 e. The van der Waals surface area contributed by atoms with Crippen LogP contribution in [0.2, 0.25) is 0 Å². The summed E-state index contributed by atoms with van der Waals surface area (Å²) in [5.74, 6) is 0.107. The van der Waals surface area contributed by atoms with Gasteiger partial charge in [0.2, 0.25) is 5.91 Å². The lowest BCUT2D eigenvalue weighted by molar-refractivity contribution is -0.120. The van der Waals surface area contributed by atoms with Crippen molar-refractivity contribution in [3.63, 3.8) is 0 Å². The van der Waals surface area contributed by atoms with Crippen LogP contribution in [0.3, 0.4) is 0 Å². The van der Waals surface area contributed by atoms with Crippen LogP contribution in [0.4, 0.5) is 0 Å². The summed E-state index contributed by atoms with van der Waals surface area (Å²) >= 11 is 0. The van der Waals surface area contributed by atoms with E-state index in [0.29, 0.717) is 13.0 Å². The van der Waals surface area contributed by atoms with Crippen LogP contribution < -0.4 is 5.32 Å². The third-order valence-corrected chi connectivity index (χ3v) is 5.46. The number of carbonyl (C=O) groups excluding carboxylic acids is 1. The number of amides is 1. The second-order valence-corrected chi connectivity index (χ2v) is 7.09. The molecule has 0 fully saturated rings. The van der Waals surface area contributed by atoms with Gasteiger partial charge in [-0.2, -0.15) is 0 Å². The maximum atomic E-state index is 12.5. The van der Waals surface area contributed by atoms with Gasteiger partial charge in [0.1, 0.15) is 0 Å². The molecule has 1 amide bonds. The van der Waals surface area contributed by atoms with E-state index in [1.165, 1.54) is 29.5 Å². The number of hydrogen-bond donors (Lipinski definition) is 1. The lowest BCUT2D eigenvalue weighted by Gasteiger charge is -2.30. The topological polar surface area (TPSA) is 32.3 Å². The summed E-state index contributed by atoms with van der Waals surface area (Å²) in [4.78, 5) is 14.9. The van der Waals surface area contributed by atoms with Crippen LogP contribution in [0.25, 0.3) is 0 Å². The molecule has 26 heavy (non-hydrogen) atoms. The molecule has 1 aliphatic rings. The summed E-state index contributed by atoms with van der Waals surface area (Å²) in [7, 11) is 0. The first-order valence-corrected chi connectivity index (χ1v) is 9.87. The summed E-state index contributed by atoms with van der Waals surface area (Å²) in [6.45, 7) is 6.93. The van der Waals surface area contributed by atoms with Gasteiger partial charge in [0.05, 0.1) is 12.5 Å². The Morgan fingerprint density at radius 1 is 1.04 bits per heavy atom. The first-order chi connectivity index (χ1) is 12.7. The highest BCUT2D eigenvalue weighted by atomic mass is 16.1. The average Bonchev–Trinajstić information content (AvgIpc) is 3.13. The standard InChI is InChI=1S/C23H30N2O/c1-3-25(4-2)22(20-9-6-5-7-10-20)17-24-23(26)16-18-13-14-19-11-8-12-21(19)15-18/h5-7,9-10,13-15,22H,3-4,8,11-12,16-17H2,1-2H3,(H,24,26). The van der Waals surface area contributed by atoms with Crippen molar-refractivity contribution in [3.05, 3.63) is 70.8 Å². The van der Waals surface area contributed by atoms with Gasteiger partial charge in [0.15, 0.2) is 0 Å².